The standard InChI is InChI=1S/C29H37N3O3/c1-22(33)31-17-16-25-9-7-10-26(32(25)18-23-14-15-23)20-30(19-24-8-5-6-13-28(24)31)29(34)21-35-27-11-3-2-4-12-27/h2-6,8,11-13,23,25-26H,7,9-10,14-21H2,1H3. The number of nitrogens with zero attached hydrogens (tertiary/aromatic N) is 3. The number of para-hydroxylation sites is 2. The summed E-state index contributed by atoms with van der Waals surface area (Å²) >= 11 is 0. The van der Waals surface area contributed by atoms with Crippen molar-refractivity contribution in [2.75, 3.05) is 31.1 Å². The lowest BCUT2D eigenvalue weighted by Gasteiger charge is -2.44. The summed E-state index contributed by atoms with van der Waals surface area (Å²) in [5.41, 5.74) is 1.94. The predicted molar refractivity (Wildman–Crippen MR) is 137 cm³/mol. The molecule has 2 fully saturated rings. The van der Waals surface area contributed by atoms with Crippen molar-refractivity contribution in [2.24, 2.45) is 5.92 Å². The van der Waals surface area contributed by atoms with Crippen LogP contribution in [-0.2, 0) is 16.1 Å². The van der Waals surface area contributed by atoms with E-state index in [4.69, 9.17) is 4.74 Å². The van der Waals surface area contributed by atoms with E-state index >= 15 is 0 Å². The number of piperidine rings is 1. The van der Waals surface area contributed by atoms with E-state index in [9.17, 15) is 9.59 Å². The first-order valence-electron chi connectivity index (χ1n) is 13.2. The van der Waals surface area contributed by atoms with Crippen LogP contribution in [0.2, 0.25) is 0 Å². The van der Waals surface area contributed by atoms with Crippen LogP contribution in [0.1, 0.15) is 51.0 Å². The molecule has 2 unspecified atom stereocenters. The average molecular weight is 476 g/mol. The van der Waals surface area contributed by atoms with Crippen LogP contribution < -0.4 is 9.64 Å². The average Bonchev–Trinajstić information content (AvgIpc) is 3.69. The lowest BCUT2D eigenvalue weighted by molar-refractivity contribution is -0.135. The van der Waals surface area contributed by atoms with Crippen molar-refractivity contribution in [3.05, 3.63) is 60.2 Å². The molecule has 2 bridgehead atoms. The van der Waals surface area contributed by atoms with Gasteiger partial charge in [0.25, 0.3) is 5.91 Å². The van der Waals surface area contributed by atoms with Crippen LogP contribution in [0.15, 0.2) is 54.6 Å². The molecule has 0 aromatic heterocycles. The molecular weight excluding hydrogens is 438 g/mol. The molecule has 3 aliphatic rings. The summed E-state index contributed by atoms with van der Waals surface area (Å²) in [6, 6.07) is 18.4. The normalized spacial score (nSPS) is 23.2. The smallest absolute Gasteiger partial charge is 0.260 e. The van der Waals surface area contributed by atoms with Crippen LogP contribution in [-0.4, -0.2) is 59.9 Å². The molecule has 0 radical (unpaired) electrons. The SMILES string of the molecule is CC(=O)N1CCC2CCCC(CN(C(=O)COc3ccccc3)Cc3ccccc31)N2CC1CC1. The zero-order valence-corrected chi connectivity index (χ0v) is 20.8. The minimum atomic E-state index is -0.00854. The molecule has 1 saturated heterocycles. The maximum atomic E-state index is 13.5. The van der Waals surface area contributed by atoms with Gasteiger partial charge in [-0.2, -0.15) is 0 Å². The molecule has 6 nitrogen and oxygen atoms in total. The number of anilines is 1. The first kappa shape index (κ1) is 23.9. The fraction of sp³-hybridized carbons (Fsp3) is 0.517. The lowest BCUT2D eigenvalue weighted by atomic mass is 9.92. The fourth-order valence-corrected chi connectivity index (χ4v) is 5.72. The topological polar surface area (TPSA) is 53.1 Å². The highest BCUT2D eigenvalue weighted by Crippen LogP contribution is 2.36. The van der Waals surface area contributed by atoms with Crippen LogP contribution in [0.5, 0.6) is 5.75 Å². The van der Waals surface area contributed by atoms with Gasteiger partial charge in [-0.25, -0.2) is 0 Å². The Kier molecular flexibility index (Phi) is 7.37. The quantitative estimate of drug-likeness (QED) is 0.640. The largest absolute Gasteiger partial charge is 0.484 e. The molecule has 0 N–H and O–H groups in total. The van der Waals surface area contributed by atoms with Crippen molar-refractivity contribution in [2.45, 2.75) is 64.1 Å². The van der Waals surface area contributed by atoms with E-state index in [1.54, 1.807) is 6.92 Å². The maximum absolute atomic E-state index is 13.5. The van der Waals surface area contributed by atoms with Gasteiger partial charge in [0.15, 0.2) is 6.61 Å². The van der Waals surface area contributed by atoms with Crippen molar-refractivity contribution in [1.29, 1.82) is 0 Å². The van der Waals surface area contributed by atoms with Crippen LogP contribution in [0.4, 0.5) is 5.69 Å². The predicted octanol–water partition coefficient (Wildman–Crippen LogP) is 4.48. The van der Waals surface area contributed by atoms with Crippen LogP contribution >= 0.6 is 0 Å². The Morgan fingerprint density at radius 2 is 1.66 bits per heavy atom. The van der Waals surface area contributed by atoms with E-state index in [1.165, 1.54) is 25.7 Å². The van der Waals surface area contributed by atoms with Gasteiger partial charge in [0.05, 0.1) is 0 Å². The zero-order chi connectivity index (χ0) is 24.2. The van der Waals surface area contributed by atoms with Crippen molar-refractivity contribution in [3.63, 3.8) is 0 Å². The van der Waals surface area contributed by atoms with Crippen molar-refractivity contribution in [3.8, 4) is 5.75 Å². The Balaban J connectivity index is 1.45. The van der Waals surface area contributed by atoms with Gasteiger partial charge in [-0.3, -0.25) is 14.5 Å². The molecule has 6 heteroatoms. The summed E-state index contributed by atoms with van der Waals surface area (Å²) in [7, 11) is 0. The Morgan fingerprint density at radius 1 is 0.914 bits per heavy atom. The second kappa shape index (κ2) is 10.8. The van der Waals surface area contributed by atoms with E-state index < -0.39 is 0 Å². The lowest BCUT2D eigenvalue weighted by Crippen LogP contribution is -2.53. The first-order chi connectivity index (χ1) is 17.1. The van der Waals surface area contributed by atoms with Gasteiger partial charge in [-0.1, -0.05) is 42.8 Å². The molecule has 2 aromatic rings. The Bertz CT molecular complexity index is 1020. The fourth-order valence-electron chi connectivity index (χ4n) is 5.72. The van der Waals surface area contributed by atoms with Crippen LogP contribution in [0, 0.1) is 5.92 Å². The minimum absolute atomic E-state index is 0.00854. The highest BCUT2D eigenvalue weighted by molar-refractivity contribution is 5.92. The van der Waals surface area contributed by atoms with E-state index in [0.717, 1.165) is 43.1 Å². The summed E-state index contributed by atoms with van der Waals surface area (Å²) < 4.78 is 5.86. The maximum Gasteiger partial charge on any atom is 0.260 e. The van der Waals surface area contributed by atoms with E-state index in [0.29, 0.717) is 30.9 Å². The third-order valence-electron chi connectivity index (χ3n) is 7.78. The molecule has 2 aromatic carbocycles. The Hall–Kier alpha value is -2.86. The number of carbonyl (C=O) groups excluding carboxylic acids is 2. The van der Waals surface area contributed by atoms with Gasteiger partial charge >= 0.3 is 0 Å². The van der Waals surface area contributed by atoms with Gasteiger partial charge in [0.1, 0.15) is 5.75 Å². The first-order valence-corrected chi connectivity index (χ1v) is 13.2. The molecule has 0 spiro atoms. The van der Waals surface area contributed by atoms with E-state index in [2.05, 4.69) is 11.0 Å². The van der Waals surface area contributed by atoms with Gasteiger partial charge in [-0.05, 0) is 61.8 Å². The number of ether oxygens (including phenoxy) is 1. The monoisotopic (exact) mass is 475 g/mol. The van der Waals surface area contributed by atoms with Crippen molar-refractivity contribution >= 4 is 17.5 Å². The highest BCUT2D eigenvalue weighted by Gasteiger charge is 2.37. The number of fused-ring (bicyclic) bond motifs is 3. The second-order valence-electron chi connectivity index (χ2n) is 10.3. The summed E-state index contributed by atoms with van der Waals surface area (Å²) in [5.74, 6) is 1.54. The third-order valence-corrected chi connectivity index (χ3v) is 7.78. The highest BCUT2D eigenvalue weighted by atomic mass is 16.5. The van der Waals surface area contributed by atoms with Gasteiger partial charge in [-0.15, -0.1) is 0 Å². The summed E-state index contributed by atoms with van der Waals surface area (Å²) in [5, 5.41) is 0. The van der Waals surface area contributed by atoms with Gasteiger partial charge in [0.2, 0.25) is 5.91 Å². The van der Waals surface area contributed by atoms with Gasteiger partial charge in [0, 0.05) is 50.9 Å². The van der Waals surface area contributed by atoms with Crippen LogP contribution in [0.3, 0.4) is 0 Å². The number of amides is 2. The molecule has 2 heterocycles. The van der Waals surface area contributed by atoms with Crippen LogP contribution in [0.25, 0.3) is 0 Å². The number of rotatable bonds is 5. The summed E-state index contributed by atoms with van der Waals surface area (Å²) in [6.45, 7) is 4.69. The van der Waals surface area contributed by atoms with E-state index in [-0.39, 0.29) is 18.4 Å². The second-order valence-corrected chi connectivity index (χ2v) is 10.3. The number of carbonyl (C=O) groups is 2. The van der Waals surface area contributed by atoms with Gasteiger partial charge < -0.3 is 14.5 Å². The molecule has 35 heavy (non-hydrogen) atoms. The molecule has 186 valence electrons. The Labute approximate surface area is 208 Å². The molecule has 1 aliphatic carbocycles. The van der Waals surface area contributed by atoms with E-state index in [1.807, 2.05) is 58.3 Å². The summed E-state index contributed by atoms with van der Waals surface area (Å²) in [4.78, 5) is 32.9. The zero-order valence-electron chi connectivity index (χ0n) is 20.8. The number of hydrogen-bond acceptors (Lipinski definition) is 4. The van der Waals surface area contributed by atoms with Crippen molar-refractivity contribution < 1.29 is 14.3 Å². The molecule has 2 atom stereocenters. The Morgan fingerprint density at radius 3 is 2.43 bits per heavy atom. The molecule has 2 aliphatic heterocycles. The van der Waals surface area contributed by atoms with Crippen molar-refractivity contribution in [1.82, 2.24) is 9.80 Å². The molecule has 5 rings (SSSR count). The molecule has 1 saturated carbocycles. The number of hydrogen-bond donors (Lipinski definition) is 0. The summed E-state index contributed by atoms with van der Waals surface area (Å²) in [6.07, 6.45) is 7.06. The minimum Gasteiger partial charge on any atom is -0.484 e. The number of benzene rings is 2. The third kappa shape index (κ3) is 5.87. The molecular formula is C29H37N3O3. The molecule has 2 amide bonds.